The molecule has 5 rings (SSSR count). The van der Waals surface area contributed by atoms with Crippen LogP contribution in [0.4, 0.5) is 0 Å². The molecule has 33 heavy (non-hydrogen) atoms. The number of nitrogens with zero attached hydrogens (tertiary/aromatic N) is 2. The Bertz CT molecular complexity index is 1040. The molecule has 2 aromatic carbocycles. The van der Waals surface area contributed by atoms with Crippen LogP contribution in [0.1, 0.15) is 77.1 Å². The molecular weight excluding hydrogens is 412 g/mol. The van der Waals surface area contributed by atoms with E-state index in [0.29, 0.717) is 30.2 Å². The van der Waals surface area contributed by atoms with Gasteiger partial charge in [-0.2, -0.15) is 0 Å². The minimum Gasteiger partial charge on any atom is -0.507 e. The van der Waals surface area contributed by atoms with Crippen LogP contribution >= 0.6 is 0 Å². The van der Waals surface area contributed by atoms with Crippen molar-refractivity contribution in [2.45, 2.75) is 63.7 Å². The molecule has 5 nitrogen and oxygen atoms in total. The number of piperidine rings is 1. The van der Waals surface area contributed by atoms with Gasteiger partial charge in [0.2, 0.25) is 5.91 Å². The van der Waals surface area contributed by atoms with E-state index in [9.17, 15) is 14.7 Å². The van der Waals surface area contributed by atoms with Gasteiger partial charge >= 0.3 is 0 Å². The fraction of sp³-hybridized carbons (Fsp3) is 0.500. The highest BCUT2D eigenvalue weighted by molar-refractivity contribution is 6.09. The third-order valence-corrected chi connectivity index (χ3v) is 7.80. The molecule has 1 fully saturated rings. The van der Waals surface area contributed by atoms with Gasteiger partial charge in [0.1, 0.15) is 5.75 Å². The first-order chi connectivity index (χ1) is 16.1. The van der Waals surface area contributed by atoms with E-state index in [-0.39, 0.29) is 11.8 Å². The zero-order chi connectivity index (χ0) is 22.8. The van der Waals surface area contributed by atoms with E-state index in [1.165, 1.54) is 28.9 Å². The second-order valence-electron chi connectivity index (χ2n) is 9.86. The number of fused-ring (bicyclic) bond motifs is 2. The first-order valence-corrected chi connectivity index (χ1v) is 12.6. The number of hydrogen-bond acceptors (Lipinski definition) is 4. The molecule has 0 spiro atoms. The van der Waals surface area contributed by atoms with Gasteiger partial charge in [-0.3, -0.25) is 14.5 Å². The van der Waals surface area contributed by atoms with Gasteiger partial charge in [-0.1, -0.05) is 30.3 Å². The number of carbonyl (C=O) groups is 2. The summed E-state index contributed by atoms with van der Waals surface area (Å²) in [4.78, 5) is 29.0. The quantitative estimate of drug-likeness (QED) is 0.526. The summed E-state index contributed by atoms with van der Waals surface area (Å²) in [6, 6.07) is 11.9. The maximum Gasteiger partial charge on any atom is 0.260 e. The van der Waals surface area contributed by atoms with Crippen molar-refractivity contribution < 1.29 is 14.7 Å². The predicted octanol–water partition coefficient (Wildman–Crippen LogP) is 4.46. The average Bonchev–Trinajstić information content (AvgIpc) is 2.84. The SMILES string of the molecule is O=C1Cc2ccccc2C(=O)N1CCCCN1CCC(c2ccc3c(c2O)CCCC3)CC1. The molecule has 3 aliphatic rings. The molecule has 2 aliphatic heterocycles. The molecule has 1 N–H and O–H groups in total. The van der Waals surface area contributed by atoms with Gasteiger partial charge in [-0.15, -0.1) is 0 Å². The van der Waals surface area contributed by atoms with Crippen molar-refractivity contribution in [1.29, 1.82) is 0 Å². The second-order valence-corrected chi connectivity index (χ2v) is 9.86. The van der Waals surface area contributed by atoms with E-state index in [4.69, 9.17) is 0 Å². The monoisotopic (exact) mass is 446 g/mol. The van der Waals surface area contributed by atoms with Crippen LogP contribution in [0.5, 0.6) is 5.75 Å². The lowest BCUT2D eigenvalue weighted by atomic mass is 9.83. The lowest BCUT2D eigenvalue weighted by Crippen LogP contribution is -2.43. The number of aromatic hydroxyl groups is 1. The van der Waals surface area contributed by atoms with Crippen LogP contribution in [0.25, 0.3) is 0 Å². The van der Waals surface area contributed by atoms with Crippen LogP contribution in [0.15, 0.2) is 36.4 Å². The second kappa shape index (κ2) is 9.68. The zero-order valence-electron chi connectivity index (χ0n) is 19.4. The summed E-state index contributed by atoms with van der Waals surface area (Å²) in [6.07, 6.45) is 8.83. The Hall–Kier alpha value is -2.66. The Morgan fingerprint density at radius 3 is 2.48 bits per heavy atom. The summed E-state index contributed by atoms with van der Waals surface area (Å²) in [5.74, 6) is 0.789. The fourth-order valence-electron chi connectivity index (χ4n) is 5.86. The Morgan fingerprint density at radius 2 is 1.64 bits per heavy atom. The number of aryl methyl sites for hydroxylation is 1. The summed E-state index contributed by atoms with van der Waals surface area (Å²) in [5.41, 5.74) is 5.21. The van der Waals surface area contributed by atoms with Gasteiger partial charge in [-0.25, -0.2) is 0 Å². The number of imide groups is 1. The van der Waals surface area contributed by atoms with Crippen LogP contribution in [0, 0.1) is 0 Å². The van der Waals surface area contributed by atoms with Crippen molar-refractivity contribution in [3.8, 4) is 5.75 Å². The summed E-state index contributed by atoms with van der Waals surface area (Å²) in [7, 11) is 0. The van der Waals surface area contributed by atoms with Crippen molar-refractivity contribution in [1.82, 2.24) is 9.80 Å². The molecular formula is C28H34N2O3. The Morgan fingerprint density at radius 1 is 0.879 bits per heavy atom. The molecule has 1 saturated heterocycles. The molecule has 2 heterocycles. The molecule has 2 amide bonds. The van der Waals surface area contributed by atoms with E-state index < -0.39 is 0 Å². The lowest BCUT2D eigenvalue weighted by molar-refractivity contribution is -0.128. The van der Waals surface area contributed by atoms with Crippen molar-refractivity contribution in [2.24, 2.45) is 0 Å². The molecule has 0 atom stereocenters. The van der Waals surface area contributed by atoms with Crippen LogP contribution in [-0.4, -0.2) is 52.9 Å². The van der Waals surface area contributed by atoms with E-state index in [2.05, 4.69) is 17.0 Å². The number of likely N-dealkylation sites (tertiary alicyclic amines) is 1. The Balaban J connectivity index is 1.08. The van der Waals surface area contributed by atoms with Crippen molar-refractivity contribution in [2.75, 3.05) is 26.2 Å². The summed E-state index contributed by atoms with van der Waals surface area (Å²) in [5, 5.41) is 10.9. The highest BCUT2D eigenvalue weighted by Gasteiger charge is 2.30. The van der Waals surface area contributed by atoms with Crippen LogP contribution < -0.4 is 0 Å². The molecule has 0 unspecified atom stereocenters. The summed E-state index contributed by atoms with van der Waals surface area (Å²) < 4.78 is 0. The highest BCUT2D eigenvalue weighted by Crippen LogP contribution is 2.39. The fourth-order valence-corrected chi connectivity index (χ4v) is 5.86. The molecule has 174 valence electrons. The number of phenolic OH excluding ortho intramolecular Hbond substituents is 1. The lowest BCUT2D eigenvalue weighted by Gasteiger charge is -2.33. The maximum absolute atomic E-state index is 12.7. The third-order valence-electron chi connectivity index (χ3n) is 7.80. The van der Waals surface area contributed by atoms with Gasteiger partial charge in [0.05, 0.1) is 6.42 Å². The molecule has 5 heteroatoms. The van der Waals surface area contributed by atoms with Gasteiger partial charge in [0.25, 0.3) is 5.91 Å². The number of amides is 2. The maximum atomic E-state index is 12.7. The molecule has 0 bridgehead atoms. The third kappa shape index (κ3) is 4.56. The standard InChI is InChI=1S/C28H34N2O3/c31-26-19-22-8-2-4-10-25(22)28(33)30(26)16-6-5-15-29-17-13-21(14-18-29)24-12-11-20-7-1-3-9-23(20)27(24)32/h2,4,8,10-12,21,32H,1,3,5-7,9,13-19H2. The average molecular weight is 447 g/mol. The Labute approximate surface area is 196 Å². The summed E-state index contributed by atoms with van der Waals surface area (Å²) in [6.45, 7) is 3.58. The number of rotatable bonds is 6. The smallest absolute Gasteiger partial charge is 0.260 e. The van der Waals surface area contributed by atoms with Crippen LogP contribution in [0.2, 0.25) is 0 Å². The molecule has 0 radical (unpaired) electrons. The Kier molecular flexibility index (Phi) is 6.50. The minimum atomic E-state index is -0.146. The molecule has 0 aromatic heterocycles. The number of hydrogen-bond donors (Lipinski definition) is 1. The molecule has 2 aromatic rings. The molecule has 0 saturated carbocycles. The van der Waals surface area contributed by atoms with E-state index in [0.717, 1.165) is 69.3 Å². The predicted molar refractivity (Wildman–Crippen MR) is 129 cm³/mol. The van der Waals surface area contributed by atoms with Gasteiger partial charge < -0.3 is 10.0 Å². The van der Waals surface area contributed by atoms with Crippen LogP contribution in [-0.2, 0) is 24.1 Å². The number of carbonyl (C=O) groups excluding carboxylic acids is 2. The largest absolute Gasteiger partial charge is 0.507 e. The van der Waals surface area contributed by atoms with Crippen molar-refractivity contribution >= 4 is 11.8 Å². The van der Waals surface area contributed by atoms with E-state index in [1.54, 1.807) is 0 Å². The van der Waals surface area contributed by atoms with E-state index >= 15 is 0 Å². The number of phenols is 1. The number of benzene rings is 2. The van der Waals surface area contributed by atoms with Gasteiger partial charge in [0, 0.05) is 12.1 Å². The van der Waals surface area contributed by atoms with Crippen molar-refractivity contribution in [3.05, 3.63) is 64.2 Å². The first-order valence-electron chi connectivity index (χ1n) is 12.6. The highest BCUT2D eigenvalue weighted by atomic mass is 16.3. The van der Waals surface area contributed by atoms with Gasteiger partial charge in [0.15, 0.2) is 0 Å². The number of unbranched alkanes of at least 4 members (excludes halogenated alkanes) is 1. The zero-order valence-corrected chi connectivity index (χ0v) is 19.4. The molecule has 1 aliphatic carbocycles. The topological polar surface area (TPSA) is 60.9 Å². The minimum absolute atomic E-state index is 0.0793. The first kappa shape index (κ1) is 22.1. The van der Waals surface area contributed by atoms with E-state index in [1.807, 2.05) is 24.3 Å². The summed E-state index contributed by atoms with van der Waals surface area (Å²) >= 11 is 0. The van der Waals surface area contributed by atoms with Crippen LogP contribution in [0.3, 0.4) is 0 Å². The normalized spacial score (nSPS) is 19.5. The van der Waals surface area contributed by atoms with Crippen molar-refractivity contribution in [3.63, 3.8) is 0 Å². The van der Waals surface area contributed by atoms with Gasteiger partial charge in [-0.05, 0) is 105 Å².